The van der Waals surface area contributed by atoms with Crippen LogP contribution in [0.4, 0.5) is 11.4 Å². The number of fused-ring (bicyclic) bond motifs is 9. The fourth-order valence-corrected chi connectivity index (χ4v) is 8.41. The van der Waals surface area contributed by atoms with Gasteiger partial charge in [-0.2, -0.15) is 0 Å². The lowest BCUT2D eigenvalue weighted by atomic mass is 9.86. The minimum absolute atomic E-state index is 0.172. The molecule has 0 saturated carbocycles. The first-order valence-electron chi connectivity index (χ1n) is 17.2. The minimum atomic E-state index is 0.172. The average molecular weight is 624 g/mol. The second-order valence-corrected chi connectivity index (χ2v) is 13.2. The van der Waals surface area contributed by atoms with Crippen molar-refractivity contribution in [3.63, 3.8) is 0 Å². The van der Waals surface area contributed by atoms with Crippen molar-refractivity contribution in [2.45, 2.75) is 12.0 Å². The highest BCUT2D eigenvalue weighted by Crippen LogP contribution is 2.51. The molecule has 230 valence electrons. The van der Waals surface area contributed by atoms with E-state index in [1.165, 1.54) is 82.6 Å². The largest absolute Gasteiger partial charge is 0.333 e. The zero-order valence-corrected chi connectivity index (χ0v) is 27.0. The van der Waals surface area contributed by atoms with E-state index in [0.29, 0.717) is 0 Å². The van der Waals surface area contributed by atoms with E-state index in [1.54, 1.807) is 0 Å². The number of rotatable bonds is 4. The van der Waals surface area contributed by atoms with E-state index in [0.717, 1.165) is 0 Å². The Balaban J connectivity index is 1.16. The molecule has 0 aromatic heterocycles. The zero-order chi connectivity index (χ0) is 32.3. The maximum atomic E-state index is 2.58. The van der Waals surface area contributed by atoms with Gasteiger partial charge in [-0.3, -0.25) is 0 Å². The Morgan fingerprint density at radius 2 is 0.939 bits per heavy atom. The maximum Gasteiger partial charge on any atom is 0.0635 e. The van der Waals surface area contributed by atoms with E-state index in [9.17, 15) is 0 Å². The third-order valence-electron chi connectivity index (χ3n) is 10.6. The van der Waals surface area contributed by atoms with Gasteiger partial charge in [0.25, 0.3) is 0 Å². The molecule has 0 spiro atoms. The predicted molar refractivity (Wildman–Crippen MR) is 209 cm³/mol. The third-order valence-corrected chi connectivity index (χ3v) is 10.6. The van der Waals surface area contributed by atoms with Crippen LogP contribution < -0.4 is 4.90 Å². The molecule has 1 aliphatic carbocycles. The van der Waals surface area contributed by atoms with Gasteiger partial charge in [0.1, 0.15) is 0 Å². The summed E-state index contributed by atoms with van der Waals surface area (Å²) < 4.78 is 0. The average Bonchev–Trinajstić information content (AvgIpc) is 3.51. The molecule has 2 atom stereocenters. The summed E-state index contributed by atoms with van der Waals surface area (Å²) in [5.41, 5.74) is 11.4. The molecule has 8 aromatic carbocycles. The molecule has 8 aromatic rings. The summed E-state index contributed by atoms with van der Waals surface area (Å²) in [7, 11) is 0. The van der Waals surface area contributed by atoms with E-state index in [-0.39, 0.29) is 12.0 Å². The van der Waals surface area contributed by atoms with Crippen LogP contribution in [0, 0.1) is 0 Å². The molecule has 10 rings (SSSR count). The Morgan fingerprint density at radius 1 is 0.388 bits per heavy atom. The molecule has 1 heteroatoms. The van der Waals surface area contributed by atoms with Crippen LogP contribution in [0.5, 0.6) is 0 Å². The van der Waals surface area contributed by atoms with Gasteiger partial charge in [-0.05, 0) is 83.9 Å². The van der Waals surface area contributed by atoms with E-state index in [4.69, 9.17) is 0 Å². The molecular weight excluding hydrogens is 591 g/mol. The first-order valence-corrected chi connectivity index (χ1v) is 17.2. The van der Waals surface area contributed by atoms with Gasteiger partial charge in [0.2, 0.25) is 0 Å². The van der Waals surface area contributed by atoms with Gasteiger partial charge in [0, 0.05) is 22.9 Å². The summed E-state index contributed by atoms with van der Waals surface area (Å²) in [5.74, 6) is 0.288. The number of nitrogens with zero attached hydrogens (tertiary/aromatic N) is 1. The fourth-order valence-electron chi connectivity index (χ4n) is 8.41. The predicted octanol–water partition coefficient (Wildman–Crippen LogP) is 12.7. The van der Waals surface area contributed by atoms with Crippen molar-refractivity contribution < 1.29 is 0 Å². The number of para-hydroxylation sites is 2. The molecule has 0 saturated heterocycles. The Kier molecular flexibility index (Phi) is 6.38. The van der Waals surface area contributed by atoms with Gasteiger partial charge in [-0.1, -0.05) is 170 Å². The highest BCUT2D eigenvalue weighted by atomic mass is 15.2. The van der Waals surface area contributed by atoms with E-state index < -0.39 is 0 Å². The maximum absolute atomic E-state index is 2.58. The van der Waals surface area contributed by atoms with E-state index in [1.807, 2.05) is 0 Å². The van der Waals surface area contributed by atoms with Crippen LogP contribution in [0.25, 0.3) is 60.1 Å². The lowest BCUT2D eigenvalue weighted by Crippen LogP contribution is -2.29. The number of hydrogen-bond acceptors (Lipinski definition) is 1. The molecule has 1 heterocycles. The summed E-state index contributed by atoms with van der Waals surface area (Å²) in [6.07, 6.45) is 7.19. The molecule has 1 aliphatic heterocycles. The van der Waals surface area contributed by atoms with Crippen molar-refractivity contribution >= 4 is 49.3 Å². The van der Waals surface area contributed by atoms with Crippen LogP contribution in [-0.4, -0.2) is 6.04 Å². The number of benzene rings is 8. The molecule has 0 radical (unpaired) electrons. The van der Waals surface area contributed by atoms with Crippen LogP contribution >= 0.6 is 0 Å². The molecule has 1 nitrogen and oxygen atoms in total. The van der Waals surface area contributed by atoms with Gasteiger partial charge >= 0.3 is 0 Å². The second-order valence-electron chi connectivity index (χ2n) is 13.2. The molecule has 0 bridgehead atoms. The lowest BCUT2D eigenvalue weighted by Gasteiger charge is -2.32. The molecule has 2 unspecified atom stereocenters. The van der Waals surface area contributed by atoms with Crippen molar-refractivity contribution in [1.29, 1.82) is 0 Å². The van der Waals surface area contributed by atoms with Crippen molar-refractivity contribution in [2.75, 3.05) is 4.90 Å². The van der Waals surface area contributed by atoms with Crippen molar-refractivity contribution in [3.8, 4) is 22.3 Å². The lowest BCUT2D eigenvalue weighted by molar-refractivity contribution is 0.747. The van der Waals surface area contributed by atoms with Crippen molar-refractivity contribution in [1.82, 2.24) is 0 Å². The third kappa shape index (κ3) is 4.40. The molecule has 2 aliphatic rings. The van der Waals surface area contributed by atoms with Crippen molar-refractivity contribution in [3.05, 3.63) is 199 Å². The minimum Gasteiger partial charge on any atom is -0.333 e. The van der Waals surface area contributed by atoms with Crippen LogP contribution in [-0.2, 0) is 0 Å². The van der Waals surface area contributed by atoms with Gasteiger partial charge in [0.15, 0.2) is 0 Å². The normalized spacial score (nSPS) is 16.6. The Morgan fingerprint density at radius 3 is 1.67 bits per heavy atom. The highest BCUT2D eigenvalue weighted by molar-refractivity contribution is 6.25. The van der Waals surface area contributed by atoms with Crippen LogP contribution in [0.2, 0.25) is 0 Å². The van der Waals surface area contributed by atoms with Crippen LogP contribution in [0.3, 0.4) is 0 Å². The van der Waals surface area contributed by atoms with E-state index in [2.05, 4.69) is 193 Å². The molecule has 0 amide bonds. The number of allylic oxidation sites excluding steroid dienone is 2. The van der Waals surface area contributed by atoms with Crippen LogP contribution in [0.15, 0.2) is 188 Å². The van der Waals surface area contributed by atoms with Crippen LogP contribution in [0.1, 0.15) is 17.0 Å². The fraction of sp³-hybridized carbons (Fsp3) is 0.0417. The highest BCUT2D eigenvalue weighted by Gasteiger charge is 2.39. The smallest absolute Gasteiger partial charge is 0.0635 e. The summed E-state index contributed by atoms with van der Waals surface area (Å²) in [4.78, 5) is 2.58. The number of anilines is 2. The standard InChI is InChI=1S/C48H33N/c1-2-14-32(15-3-1)33-26-29-44-43-23-11-13-25-47(43)49(48(44)31-33)46-24-12-10-22-42(46)36-17-5-4-16-35(36)34-27-28-41-39-20-7-6-18-37(39)38-19-8-9-21-40(38)45(41)30-34/h1-31,44,48H. The zero-order valence-electron chi connectivity index (χ0n) is 27.0. The summed E-state index contributed by atoms with van der Waals surface area (Å²) in [5, 5.41) is 7.78. The summed E-state index contributed by atoms with van der Waals surface area (Å²) >= 11 is 0. The Hall–Kier alpha value is -6.18. The monoisotopic (exact) mass is 623 g/mol. The van der Waals surface area contributed by atoms with Gasteiger partial charge in [-0.25, -0.2) is 0 Å². The first-order chi connectivity index (χ1) is 24.3. The quantitative estimate of drug-likeness (QED) is 0.176. The van der Waals surface area contributed by atoms with Gasteiger partial charge < -0.3 is 4.90 Å². The second kappa shape index (κ2) is 11.2. The number of hydrogen-bond donors (Lipinski definition) is 0. The summed E-state index contributed by atoms with van der Waals surface area (Å²) in [6.45, 7) is 0. The molecule has 0 N–H and O–H groups in total. The molecule has 0 fully saturated rings. The Labute approximate surface area is 286 Å². The Bertz CT molecular complexity index is 2590. The van der Waals surface area contributed by atoms with Crippen molar-refractivity contribution in [2.24, 2.45) is 0 Å². The summed E-state index contributed by atoms with van der Waals surface area (Å²) in [6, 6.07) is 62.5. The van der Waals surface area contributed by atoms with Gasteiger partial charge in [-0.15, -0.1) is 0 Å². The molecular formula is C48H33N. The molecule has 49 heavy (non-hydrogen) atoms. The first kappa shape index (κ1) is 27.9. The van der Waals surface area contributed by atoms with E-state index >= 15 is 0 Å². The van der Waals surface area contributed by atoms with Gasteiger partial charge in [0.05, 0.1) is 6.04 Å². The topological polar surface area (TPSA) is 3.24 Å². The SMILES string of the molecule is C1=CC2c3ccccc3N(c3ccccc3-c3ccccc3-c3ccc4c5ccccc5c5ccccc5c4c3)C2C=C1c1ccccc1.